The zero-order valence-electron chi connectivity index (χ0n) is 16.2. The van der Waals surface area contributed by atoms with Crippen LogP contribution in [0.4, 0.5) is 13.2 Å². The van der Waals surface area contributed by atoms with E-state index in [0.29, 0.717) is 41.8 Å². The van der Waals surface area contributed by atoms with Crippen molar-refractivity contribution in [2.75, 3.05) is 5.75 Å². The van der Waals surface area contributed by atoms with E-state index in [0.717, 1.165) is 17.8 Å². The van der Waals surface area contributed by atoms with E-state index in [4.69, 9.17) is 23.2 Å². The molecular formula is C20H15Cl2F3N3OS2+. The van der Waals surface area contributed by atoms with Crippen LogP contribution in [0.25, 0.3) is 32.2 Å². The molecule has 3 heterocycles. The summed E-state index contributed by atoms with van der Waals surface area (Å²) in [6, 6.07) is 7.98. The Morgan fingerprint density at radius 3 is 2.45 bits per heavy atom. The highest BCUT2D eigenvalue weighted by Gasteiger charge is 2.34. The number of aromatic nitrogens is 3. The van der Waals surface area contributed by atoms with Gasteiger partial charge in [0.15, 0.2) is 10.7 Å². The van der Waals surface area contributed by atoms with E-state index in [-0.39, 0.29) is 5.52 Å². The zero-order valence-corrected chi connectivity index (χ0v) is 19.4. The van der Waals surface area contributed by atoms with Crippen molar-refractivity contribution < 1.29 is 17.4 Å². The Morgan fingerprint density at radius 1 is 1.16 bits per heavy atom. The van der Waals surface area contributed by atoms with Crippen LogP contribution in [0.3, 0.4) is 0 Å². The summed E-state index contributed by atoms with van der Waals surface area (Å²) < 4.78 is 53.7. The Hall–Kier alpha value is -1.94. The van der Waals surface area contributed by atoms with Crippen molar-refractivity contribution >= 4 is 56.4 Å². The number of hydrogen-bond acceptors (Lipinski definition) is 4. The summed E-state index contributed by atoms with van der Waals surface area (Å²) >= 11 is 13.9. The average molecular weight is 505 g/mol. The molecule has 162 valence electrons. The van der Waals surface area contributed by atoms with E-state index in [2.05, 4.69) is 9.97 Å². The molecule has 0 saturated heterocycles. The van der Waals surface area contributed by atoms with Gasteiger partial charge in [-0.15, -0.1) is 15.5 Å². The number of aryl methyl sites for hydroxylation is 1. The zero-order chi connectivity index (χ0) is 22.5. The smallest absolute Gasteiger partial charge is 0.325 e. The monoisotopic (exact) mass is 504 g/mol. The van der Waals surface area contributed by atoms with Crippen LogP contribution in [0.1, 0.15) is 12.6 Å². The molecule has 0 fully saturated rings. The molecule has 3 aromatic heterocycles. The molecule has 0 N–H and O–H groups in total. The van der Waals surface area contributed by atoms with E-state index in [1.165, 1.54) is 11.3 Å². The van der Waals surface area contributed by atoms with E-state index in [9.17, 15) is 17.4 Å². The Balaban J connectivity index is 1.95. The largest absolute Gasteiger partial charge is 0.433 e. The van der Waals surface area contributed by atoms with Gasteiger partial charge in [-0.2, -0.15) is 13.2 Å². The number of thiol groups is 1. The van der Waals surface area contributed by atoms with Crippen LogP contribution in [0.5, 0.6) is 0 Å². The lowest BCUT2D eigenvalue weighted by Crippen LogP contribution is -2.07. The van der Waals surface area contributed by atoms with Crippen LogP contribution in [-0.2, 0) is 28.2 Å². The second-order valence-electron chi connectivity index (χ2n) is 6.67. The molecule has 0 bridgehead atoms. The van der Waals surface area contributed by atoms with E-state index in [1.807, 2.05) is 0 Å². The average Bonchev–Trinajstić information content (AvgIpc) is 3.24. The third-order valence-electron chi connectivity index (χ3n) is 4.73. The summed E-state index contributed by atoms with van der Waals surface area (Å²) in [5, 5.41) is 0.922. The van der Waals surface area contributed by atoms with Gasteiger partial charge in [0.25, 0.3) is 0 Å². The highest BCUT2D eigenvalue weighted by molar-refractivity contribution is 7.85. The molecule has 0 aliphatic heterocycles. The second-order valence-corrected chi connectivity index (χ2v) is 10.3. The quantitative estimate of drug-likeness (QED) is 0.227. The maximum absolute atomic E-state index is 13.1. The fraction of sp³-hybridized carbons (Fsp3) is 0.200. The molecule has 11 heteroatoms. The molecule has 1 aromatic carbocycles. The van der Waals surface area contributed by atoms with Crippen molar-refractivity contribution in [3.05, 3.63) is 52.3 Å². The standard InChI is InChI=1S/C20H14Cl2F3N3OS2/c1-3-31(29)18-15(22)16(10-4-6-11(21)7-5-10)30-17(18)19-27-12-8-14(20(23,24)25)26-9-13(12)28(19)2/h4-9H,3H2,1-2H3/p+1. The lowest BCUT2D eigenvalue weighted by atomic mass is 10.2. The molecule has 0 amide bonds. The van der Waals surface area contributed by atoms with Gasteiger partial charge in [0.2, 0.25) is 0 Å². The third kappa shape index (κ3) is 4.00. The van der Waals surface area contributed by atoms with Crippen molar-refractivity contribution in [1.82, 2.24) is 14.5 Å². The first kappa shape index (κ1) is 22.3. The molecule has 0 aliphatic rings. The first-order valence-corrected chi connectivity index (χ1v) is 12.1. The van der Waals surface area contributed by atoms with Gasteiger partial charge in [-0.05, 0) is 30.7 Å². The molecule has 0 aliphatic carbocycles. The highest BCUT2D eigenvalue weighted by Crippen LogP contribution is 2.47. The summed E-state index contributed by atoms with van der Waals surface area (Å²) in [6.07, 6.45) is -3.43. The van der Waals surface area contributed by atoms with E-state index in [1.54, 1.807) is 42.8 Å². The van der Waals surface area contributed by atoms with Crippen molar-refractivity contribution in [2.45, 2.75) is 18.0 Å². The number of halogens is 5. The van der Waals surface area contributed by atoms with Crippen LogP contribution in [0.15, 0.2) is 41.4 Å². The first-order chi connectivity index (χ1) is 14.6. The van der Waals surface area contributed by atoms with E-state index >= 15 is 0 Å². The SMILES string of the molecule is CC[SH+](=O)c1c(-c2nc3cc(C(F)(F)F)ncc3n2C)sc(-c2ccc(Cl)cc2)c1Cl. The Morgan fingerprint density at radius 2 is 1.84 bits per heavy atom. The predicted molar refractivity (Wildman–Crippen MR) is 121 cm³/mol. The van der Waals surface area contributed by atoms with Crippen LogP contribution in [0.2, 0.25) is 10.0 Å². The highest BCUT2D eigenvalue weighted by atomic mass is 35.5. The number of benzene rings is 1. The van der Waals surface area contributed by atoms with Crippen molar-refractivity contribution in [3.63, 3.8) is 0 Å². The van der Waals surface area contributed by atoms with Gasteiger partial charge in [0.1, 0.15) is 32.1 Å². The molecule has 0 spiro atoms. The summed E-state index contributed by atoms with van der Waals surface area (Å²) in [7, 11) is -0.149. The maximum Gasteiger partial charge on any atom is 0.433 e. The predicted octanol–water partition coefficient (Wildman–Crippen LogP) is 6.76. The number of thiophene rings is 1. The van der Waals surface area contributed by atoms with Gasteiger partial charge in [-0.25, -0.2) is 9.97 Å². The Labute approximate surface area is 192 Å². The molecular weight excluding hydrogens is 490 g/mol. The molecule has 0 radical (unpaired) electrons. The topological polar surface area (TPSA) is 47.8 Å². The lowest BCUT2D eigenvalue weighted by molar-refractivity contribution is -0.141. The minimum atomic E-state index is -4.57. The van der Waals surface area contributed by atoms with Crippen LogP contribution in [-0.4, -0.2) is 20.3 Å². The summed E-state index contributed by atoms with van der Waals surface area (Å²) in [5.41, 5.74) is 0.357. The molecule has 4 rings (SSSR count). The summed E-state index contributed by atoms with van der Waals surface area (Å²) in [4.78, 5) is 9.65. The van der Waals surface area contributed by atoms with Gasteiger partial charge < -0.3 is 4.57 Å². The van der Waals surface area contributed by atoms with Crippen LogP contribution in [0, 0.1) is 0 Å². The number of rotatable bonds is 4. The Kier molecular flexibility index (Phi) is 5.89. The summed E-state index contributed by atoms with van der Waals surface area (Å²) in [5.74, 6) is 0.748. The van der Waals surface area contributed by atoms with Gasteiger partial charge in [-0.3, -0.25) is 0 Å². The van der Waals surface area contributed by atoms with Crippen LogP contribution < -0.4 is 0 Å². The molecule has 4 nitrogen and oxygen atoms in total. The third-order valence-corrected chi connectivity index (χ3v) is 8.51. The normalized spacial score (nSPS) is 13.1. The number of imidazole rings is 1. The van der Waals surface area contributed by atoms with Crippen molar-refractivity contribution in [1.29, 1.82) is 0 Å². The minimum absolute atomic E-state index is 0.148. The van der Waals surface area contributed by atoms with Gasteiger partial charge in [-0.1, -0.05) is 35.3 Å². The minimum Gasteiger partial charge on any atom is -0.325 e. The molecule has 1 unspecified atom stereocenters. The Bertz CT molecular complexity index is 1310. The van der Waals surface area contributed by atoms with Crippen molar-refractivity contribution in [2.24, 2.45) is 7.05 Å². The fourth-order valence-corrected chi connectivity index (χ4v) is 6.57. The van der Waals surface area contributed by atoms with Gasteiger partial charge >= 0.3 is 6.18 Å². The molecule has 31 heavy (non-hydrogen) atoms. The second kappa shape index (κ2) is 8.20. The number of fused-ring (bicyclic) bond motifs is 1. The molecule has 4 aromatic rings. The molecule has 1 atom stereocenters. The first-order valence-electron chi connectivity index (χ1n) is 9.04. The maximum atomic E-state index is 13.1. The number of pyridine rings is 1. The van der Waals surface area contributed by atoms with Gasteiger partial charge in [0.05, 0.1) is 22.1 Å². The molecule has 0 saturated carbocycles. The summed E-state index contributed by atoms with van der Waals surface area (Å²) in [6.45, 7) is 1.78. The number of nitrogens with zero attached hydrogens (tertiary/aromatic N) is 3. The lowest BCUT2D eigenvalue weighted by Gasteiger charge is -2.04. The fourth-order valence-electron chi connectivity index (χ4n) is 3.17. The van der Waals surface area contributed by atoms with Crippen molar-refractivity contribution in [3.8, 4) is 21.1 Å². The van der Waals surface area contributed by atoms with Gasteiger partial charge in [0, 0.05) is 12.1 Å². The number of hydrogen-bond donors (Lipinski definition) is 0. The number of alkyl halides is 3. The van der Waals surface area contributed by atoms with Crippen LogP contribution >= 0.6 is 34.5 Å². The van der Waals surface area contributed by atoms with E-state index < -0.39 is 22.7 Å².